The van der Waals surface area contributed by atoms with Gasteiger partial charge in [0, 0.05) is 10.7 Å². The van der Waals surface area contributed by atoms with Crippen LogP contribution in [0.1, 0.15) is 23.7 Å². The molecule has 0 atom stereocenters. The minimum atomic E-state index is -0.642. The molecule has 2 amide bonds. The van der Waals surface area contributed by atoms with Crippen molar-refractivity contribution in [1.82, 2.24) is 0 Å². The zero-order chi connectivity index (χ0) is 20.3. The summed E-state index contributed by atoms with van der Waals surface area (Å²) in [5.41, 5.74) is 1.15. The Balaban J connectivity index is 1.78. The average Bonchev–Trinajstić information content (AvgIpc) is 2.90. The predicted molar refractivity (Wildman–Crippen MR) is 107 cm³/mol. The fraction of sp³-hybridized carbons (Fsp3) is 0.150. The molecule has 1 aliphatic heterocycles. The summed E-state index contributed by atoms with van der Waals surface area (Å²) in [6, 6.07) is 12.7. The molecule has 0 aliphatic carbocycles. The molecule has 0 saturated carbocycles. The largest absolute Gasteiger partial charge is 0.462 e. The van der Waals surface area contributed by atoms with Crippen molar-refractivity contribution in [2.45, 2.75) is 13.3 Å². The van der Waals surface area contributed by atoms with Gasteiger partial charge in [-0.15, -0.1) is 0 Å². The molecule has 1 aliphatic rings. The van der Waals surface area contributed by atoms with Crippen molar-refractivity contribution in [3.63, 3.8) is 0 Å². The Labute approximate surface area is 171 Å². The minimum absolute atomic E-state index is 0.0482. The van der Waals surface area contributed by atoms with Gasteiger partial charge in [0.15, 0.2) is 0 Å². The first-order valence-electron chi connectivity index (χ1n) is 8.50. The zero-order valence-corrected chi connectivity index (χ0v) is 16.4. The van der Waals surface area contributed by atoms with Crippen LogP contribution in [0.15, 0.2) is 59.3 Å². The Morgan fingerprint density at radius 2 is 1.79 bits per heavy atom. The number of nitrogens with zero attached hydrogens (tertiary/aromatic N) is 1. The summed E-state index contributed by atoms with van der Waals surface area (Å²) in [6.07, 6.45) is 0.733. The van der Waals surface area contributed by atoms with E-state index in [1.54, 1.807) is 42.5 Å². The van der Waals surface area contributed by atoms with E-state index in [0.29, 0.717) is 28.6 Å². The molecular formula is C20H16Cl2N2O4. The summed E-state index contributed by atoms with van der Waals surface area (Å²) in [5.74, 6) is -1.66. The maximum absolute atomic E-state index is 12.7. The molecule has 6 nitrogen and oxygen atoms in total. The van der Waals surface area contributed by atoms with Crippen molar-refractivity contribution in [2.24, 2.45) is 0 Å². The van der Waals surface area contributed by atoms with E-state index in [1.807, 2.05) is 6.92 Å². The van der Waals surface area contributed by atoms with Gasteiger partial charge in [0.2, 0.25) is 0 Å². The number of rotatable bonds is 6. The first-order valence-corrected chi connectivity index (χ1v) is 9.26. The number of halogens is 2. The van der Waals surface area contributed by atoms with Gasteiger partial charge in [-0.2, -0.15) is 0 Å². The first kappa shape index (κ1) is 19.9. The molecule has 1 heterocycles. The Kier molecular flexibility index (Phi) is 6.02. The fourth-order valence-corrected chi connectivity index (χ4v) is 2.97. The SMILES string of the molecule is CCCOC(=O)c1ccc(NC2=C(Cl)C(=O)N(c3cccc(Cl)c3)C2=O)cc1. The Hall–Kier alpha value is -2.83. The molecule has 2 aromatic carbocycles. The van der Waals surface area contributed by atoms with Crippen LogP contribution in [0.25, 0.3) is 0 Å². The quantitative estimate of drug-likeness (QED) is 0.557. The van der Waals surface area contributed by atoms with Crippen LogP contribution in [-0.2, 0) is 14.3 Å². The van der Waals surface area contributed by atoms with Crippen molar-refractivity contribution in [1.29, 1.82) is 0 Å². The number of amides is 2. The molecule has 144 valence electrons. The smallest absolute Gasteiger partial charge is 0.338 e. The monoisotopic (exact) mass is 418 g/mol. The molecule has 1 N–H and O–H groups in total. The Morgan fingerprint density at radius 3 is 2.43 bits per heavy atom. The average molecular weight is 419 g/mol. The topological polar surface area (TPSA) is 75.7 Å². The molecule has 0 spiro atoms. The first-order chi connectivity index (χ1) is 13.4. The van der Waals surface area contributed by atoms with Crippen LogP contribution in [0.5, 0.6) is 0 Å². The van der Waals surface area contributed by atoms with Gasteiger partial charge in [0.1, 0.15) is 10.7 Å². The van der Waals surface area contributed by atoms with Crippen molar-refractivity contribution in [3.05, 3.63) is 69.8 Å². The molecule has 28 heavy (non-hydrogen) atoms. The van der Waals surface area contributed by atoms with Crippen LogP contribution in [0, 0.1) is 0 Å². The van der Waals surface area contributed by atoms with Crippen molar-refractivity contribution >= 4 is 52.4 Å². The summed E-state index contributed by atoms with van der Waals surface area (Å²) < 4.78 is 5.07. The second-order valence-corrected chi connectivity index (χ2v) is 6.77. The summed E-state index contributed by atoms with van der Waals surface area (Å²) >= 11 is 12.0. The number of carbonyl (C=O) groups is 3. The summed E-state index contributed by atoms with van der Waals surface area (Å²) in [6.45, 7) is 2.25. The van der Waals surface area contributed by atoms with E-state index in [4.69, 9.17) is 27.9 Å². The normalized spacial score (nSPS) is 13.9. The Bertz CT molecular complexity index is 970. The lowest BCUT2D eigenvalue weighted by Crippen LogP contribution is -2.32. The van der Waals surface area contributed by atoms with Gasteiger partial charge in [-0.3, -0.25) is 9.59 Å². The maximum atomic E-state index is 12.7. The number of ether oxygens (including phenoxy) is 1. The van der Waals surface area contributed by atoms with Crippen LogP contribution in [0.4, 0.5) is 11.4 Å². The third-order valence-electron chi connectivity index (χ3n) is 3.92. The molecule has 0 fully saturated rings. The highest BCUT2D eigenvalue weighted by molar-refractivity contribution is 6.53. The van der Waals surface area contributed by atoms with Gasteiger partial charge in [0.25, 0.3) is 11.8 Å². The molecule has 0 radical (unpaired) electrons. The van der Waals surface area contributed by atoms with Crippen molar-refractivity contribution in [2.75, 3.05) is 16.8 Å². The lowest BCUT2D eigenvalue weighted by Gasteiger charge is -2.15. The third kappa shape index (κ3) is 4.03. The minimum Gasteiger partial charge on any atom is -0.462 e. The number of esters is 1. The molecule has 8 heteroatoms. The summed E-state index contributed by atoms with van der Waals surface area (Å²) in [5, 5.41) is 3.01. The van der Waals surface area contributed by atoms with E-state index >= 15 is 0 Å². The van der Waals surface area contributed by atoms with Crippen LogP contribution >= 0.6 is 23.2 Å². The standard InChI is InChI=1S/C20H16Cl2N2O4/c1-2-10-28-20(27)12-6-8-14(9-7-12)23-17-16(22)18(25)24(19(17)26)15-5-3-4-13(21)11-15/h3-9,11,23H,2,10H2,1H3. The highest BCUT2D eigenvalue weighted by Gasteiger charge is 2.39. The van der Waals surface area contributed by atoms with Gasteiger partial charge in [-0.25, -0.2) is 9.69 Å². The van der Waals surface area contributed by atoms with E-state index in [-0.39, 0.29) is 10.7 Å². The van der Waals surface area contributed by atoms with Crippen LogP contribution in [0.3, 0.4) is 0 Å². The number of benzene rings is 2. The van der Waals surface area contributed by atoms with Crippen LogP contribution in [-0.4, -0.2) is 24.4 Å². The highest BCUT2D eigenvalue weighted by Crippen LogP contribution is 2.31. The number of imide groups is 1. The lowest BCUT2D eigenvalue weighted by molar-refractivity contribution is -0.120. The molecule has 0 unspecified atom stereocenters. The summed E-state index contributed by atoms with van der Waals surface area (Å²) in [4.78, 5) is 38.0. The van der Waals surface area contributed by atoms with Gasteiger partial charge in [0.05, 0.1) is 17.9 Å². The number of nitrogens with one attached hydrogen (secondary N) is 1. The van der Waals surface area contributed by atoms with E-state index < -0.39 is 17.8 Å². The number of carbonyl (C=O) groups excluding carboxylic acids is 3. The van der Waals surface area contributed by atoms with E-state index in [0.717, 1.165) is 11.3 Å². The van der Waals surface area contributed by atoms with Gasteiger partial charge in [-0.1, -0.05) is 36.2 Å². The molecule has 3 rings (SSSR count). The second kappa shape index (κ2) is 8.46. The Morgan fingerprint density at radius 1 is 1.07 bits per heavy atom. The van der Waals surface area contributed by atoms with E-state index in [9.17, 15) is 14.4 Å². The van der Waals surface area contributed by atoms with Gasteiger partial charge < -0.3 is 10.1 Å². The van der Waals surface area contributed by atoms with Gasteiger partial charge in [-0.05, 0) is 48.9 Å². The number of anilines is 2. The lowest BCUT2D eigenvalue weighted by atomic mass is 10.2. The maximum Gasteiger partial charge on any atom is 0.338 e. The van der Waals surface area contributed by atoms with Gasteiger partial charge >= 0.3 is 5.97 Å². The third-order valence-corrected chi connectivity index (χ3v) is 4.51. The molecule has 0 bridgehead atoms. The number of hydrogen-bond acceptors (Lipinski definition) is 5. The molecule has 0 saturated heterocycles. The highest BCUT2D eigenvalue weighted by atomic mass is 35.5. The molecular weight excluding hydrogens is 403 g/mol. The molecule has 0 aromatic heterocycles. The van der Waals surface area contributed by atoms with Crippen molar-refractivity contribution in [3.8, 4) is 0 Å². The van der Waals surface area contributed by atoms with Crippen LogP contribution < -0.4 is 10.2 Å². The van der Waals surface area contributed by atoms with Crippen molar-refractivity contribution < 1.29 is 19.1 Å². The van der Waals surface area contributed by atoms with E-state index in [1.165, 1.54) is 6.07 Å². The second-order valence-electron chi connectivity index (χ2n) is 5.95. The zero-order valence-electron chi connectivity index (χ0n) is 14.9. The molecule has 2 aromatic rings. The van der Waals surface area contributed by atoms with E-state index in [2.05, 4.69) is 5.32 Å². The van der Waals surface area contributed by atoms with Crippen LogP contribution in [0.2, 0.25) is 5.02 Å². The summed E-state index contributed by atoms with van der Waals surface area (Å²) in [7, 11) is 0. The predicted octanol–water partition coefficient (Wildman–Crippen LogP) is 4.34. The number of hydrogen-bond donors (Lipinski definition) is 1. The fourth-order valence-electron chi connectivity index (χ4n) is 2.57.